The van der Waals surface area contributed by atoms with Gasteiger partial charge in [-0.25, -0.2) is 0 Å². The Balaban J connectivity index is 1.62. The molecule has 0 atom stereocenters. The van der Waals surface area contributed by atoms with Crippen molar-refractivity contribution < 1.29 is 19.1 Å². The summed E-state index contributed by atoms with van der Waals surface area (Å²) in [5.41, 5.74) is 1.79. The van der Waals surface area contributed by atoms with Crippen LogP contribution in [0, 0.1) is 5.92 Å². The number of nitrogens with zero attached hydrogens (tertiary/aromatic N) is 1. The third-order valence-electron chi connectivity index (χ3n) is 5.27. The first kappa shape index (κ1) is 16.6. The highest BCUT2D eigenvalue weighted by molar-refractivity contribution is 5.90. The summed E-state index contributed by atoms with van der Waals surface area (Å²) in [6.07, 6.45) is 1.29. The van der Waals surface area contributed by atoms with E-state index in [1.165, 1.54) is 7.11 Å². The maximum Gasteiger partial charge on any atom is 0.308 e. The molecule has 134 valence electrons. The normalized spacial score (nSPS) is 17.0. The third kappa shape index (κ3) is 2.83. The van der Waals surface area contributed by atoms with Crippen LogP contribution in [0.3, 0.4) is 0 Å². The van der Waals surface area contributed by atoms with Gasteiger partial charge in [0.1, 0.15) is 11.5 Å². The number of carbonyl (C=O) groups excluding carboxylic acids is 2. The van der Waals surface area contributed by atoms with Crippen molar-refractivity contribution in [2.45, 2.75) is 18.8 Å². The maximum atomic E-state index is 13.4. The molecule has 0 saturated carbocycles. The summed E-state index contributed by atoms with van der Waals surface area (Å²) >= 11 is 0. The molecule has 5 heteroatoms. The molecule has 2 aromatic rings. The fourth-order valence-corrected chi connectivity index (χ4v) is 3.86. The minimum atomic E-state index is -0.370. The van der Waals surface area contributed by atoms with Gasteiger partial charge >= 0.3 is 5.97 Å². The van der Waals surface area contributed by atoms with Crippen molar-refractivity contribution >= 4 is 11.9 Å². The number of benzene rings is 2. The van der Waals surface area contributed by atoms with E-state index in [0.717, 1.165) is 22.6 Å². The zero-order valence-corrected chi connectivity index (χ0v) is 14.7. The number of piperidine rings is 1. The van der Waals surface area contributed by atoms with Gasteiger partial charge in [0.25, 0.3) is 0 Å². The van der Waals surface area contributed by atoms with Gasteiger partial charge in [-0.3, -0.25) is 9.59 Å². The van der Waals surface area contributed by atoms with Gasteiger partial charge in [0.2, 0.25) is 5.91 Å². The van der Waals surface area contributed by atoms with E-state index in [0.29, 0.717) is 25.9 Å². The average Bonchev–Trinajstić information content (AvgIpc) is 2.71. The van der Waals surface area contributed by atoms with Crippen LogP contribution in [-0.4, -0.2) is 37.0 Å². The number of carbonyl (C=O) groups is 2. The molecule has 0 spiro atoms. The topological polar surface area (TPSA) is 55.8 Å². The number of amides is 1. The van der Waals surface area contributed by atoms with E-state index in [2.05, 4.69) is 0 Å². The summed E-state index contributed by atoms with van der Waals surface area (Å²) in [6.45, 7) is 1.14. The Morgan fingerprint density at radius 2 is 1.50 bits per heavy atom. The number of methoxy groups -OCH3 is 1. The molecule has 4 rings (SSSR count). The zero-order valence-electron chi connectivity index (χ0n) is 14.7. The molecule has 2 aliphatic heterocycles. The van der Waals surface area contributed by atoms with Gasteiger partial charge in [0, 0.05) is 24.2 Å². The van der Waals surface area contributed by atoms with Crippen molar-refractivity contribution in [3.05, 3.63) is 59.7 Å². The van der Waals surface area contributed by atoms with Crippen LogP contribution in [0.2, 0.25) is 0 Å². The van der Waals surface area contributed by atoms with Crippen LogP contribution in [0.4, 0.5) is 0 Å². The summed E-state index contributed by atoms with van der Waals surface area (Å²) < 4.78 is 10.8. The number of rotatable bonds is 2. The van der Waals surface area contributed by atoms with E-state index >= 15 is 0 Å². The van der Waals surface area contributed by atoms with Crippen molar-refractivity contribution in [2.75, 3.05) is 20.2 Å². The fourth-order valence-electron chi connectivity index (χ4n) is 3.86. The van der Waals surface area contributed by atoms with E-state index < -0.39 is 0 Å². The molecule has 0 unspecified atom stereocenters. The summed E-state index contributed by atoms with van der Waals surface area (Å²) in [4.78, 5) is 27.0. The Labute approximate surface area is 152 Å². The molecule has 1 fully saturated rings. The lowest BCUT2D eigenvalue weighted by atomic mass is 9.86. The Bertz CT molecular complexity index is 794. The number of hydrogen-bond acceptors (Lipinski definition) is 4. The molecule has 0 bridgehead atoms. The van der Waals surface area contributed by atoms with E-state index in [4.69, 9.17) is 9.47 Å². The molecule has 5 nitrogen and oxygen atoms in total. The first-order valence-electron chi connectivity index (χ1n) is 8.91. The highest BCUT2D eigenvalue weighted by atomic mass is 16.5. The monoisotopic (exact) mass is 351 g/mol. The highest BCUT2D eigenvalue weighted by Crippen LogP contribution is 2.44. The third-order valence-corrected chi connectivity index (χ3v) is 5.27. The Hall–Kier alpha value is -2.82. The summed E-state index contributed by atoms with van der Waals surface area (Å²) in [5.74, 6) is 0.863. The molecule has 0 radical (unpaired) electrons. The van der Waals surface area contributed by atoms with Gasteiger partial charge in [-0.15, -0.1) is 0 Å². The second-order valence-electron chi connectivity index (χ2n) is 6.73. The molecule has 0 aromatic heterocycles. The summed E-state index contributed by atoms with van der Waals surface area (Å²) in [6, 6.07) is 15.4. The number of hydrogen-bond donors (Lipinski definition) is 0. The minimum absolute atomic E-state index is 0.0662. The van der Waals surface area contributed by atoms with Crippen molar-refractivity contribution in [3.63, 3.8) is 0 Å². The van der Waals surface area contributed by atoms with Crippen LogP contribution in [0.5, 0.6) is 11.5 Å². The number of esters is 1. The molecule has 26 heavy (non-hydrogen) atoms. The molecular formula is C21H21NO4. The molecule has 2 aliphatic rings. The van der Waals surface area contributed by atoms with Crippen LogP contribution < -0.4 is 4.74 Å². The molecule has 2 heterocycles. The standard InChI is InChI=1S/C21H21NO4/c1-25-21(24)14-10-12-22(13-11-14)20(23)19-15-6-2-4-8-17(15)26-18-9-5-3-7-16(18)19/h2-9,14,19H,10-13H2,1H3. The molecular weight excluding hydrogens is 330 g/mol. The second-order valence-corrected chi connectivity index (χ2v) is 6.73. The molecule has 0 aliphatic carbocycles. The number of fused-ring (bicyclic) bond motifs is 2. The summed E-state index contributed by atoms with van der Waals surface area (Å²) in [7, 11) is 1.41. The van der Waals surface area contributed by atoms with Crippen molar-refractivity contribution in [2.24, 2.45) is 5.92 Å². The number of likely N-dealkylation sites (tertiary alicyclic amines) is 1. The van der Waals surface area contributed by atoms with Crippen LogP contribution in [0.15, 0.2) is 48.5 Å². The van der Waals surface area contributed by atoms with E-state index in [-0.39, 0.29) is 23.7 Å². The van der Waals surface area contributed by atoms with Crippen molar-refractivity contribution in [3.8, 4) is 11.5 Å². The molecule has 1 amide bonds. The fraction of sp³-hybridized carbons (Fsp3) is 0.333. The minimum Gasteiger partial charge on any atom is -0.469 e. The predicted molar refractivity (Wildman–Crippen MR) is 96.1 cm³/mol. The maximum absolute atomic E-state index is 13.4. The van der Waals surface area contributed by atoms with Crippen LogP contribution in [-0.2, 0) is 14.3 Å². The van der Waals surface area contributed by atoms with Crippen LogP contribution in [0.25, 0.3) is 0 Å². The van der Waals surface area contributed by atoms with Gasteiger partial charge < -0.3 is 14.4 Å². The molecule has 1 saturated heterocycles. The van der Waals surface area contributed by atoms with Gasteiger partial charge in [-0.2, -0.15) is 0 Å². The Morgan fingerprint density at radius 1 is 0.962 bits per heavy atom. The number of ether oxygens (including phenoxy) is 2. The first-order valence-corrected chi connectivity index (χ1v) is 8.91. The average molecular weight is 351 g/mol. The van der Waals surface area contributed by atoms with E-state index in [1.807, 2.05) is 53.4 Å². The van der Waals surface area contributed by atoms with Crippen LogP contribution >= 0.6 is 0 Å². The van der Waals surface area contributed by atoms with E-state index in [1.54, 1.807) is 0 Å². The largest absolute Gasteiger partial charge is 0.469 e. The zero-order chi connectivity index (χ0) is 18.1. The molecule has 2 aromatic carbocycles. The second kappa shape index (κ2) is 6.83. The summed E-state index contributed by atoms with van der Waals surface area (Å²) in [5, 5.41) is 0. The van der Waals surface area contributed by atoms with E-state index in [9.17, 15) is 9.59 Å². The smallest absolute Gasteiger partial charge is 0.308 e. The Kier molecular flexibility index (Phi) is 4.37. The molecule has 0 N–H and O–H groups in total. The lowest BCUT2D eigenvalue weighted by Gasteiger charge is -2.35. The quantitative estimate of drug-likeness (QED) is 0.779. The SMILES string of the molecule is COC(=O)C1CCN(C(=O)C2c3ccccc3Oc3ccccc32)CC1. The van der Waals surface area contributed by atoms with Crippen LogP contribution in [0.1, 0.15) is 29.9 Å². The highest BCUT2D eigenvalue weighted by Gasteiger charge is 2.37. The lowest BCUT2D eigenvalue weighted by Crippen LogP contribution is -2.43. The lowest BCUT2D eigenvalue weighted by molar-refractivity contribution is -0.149. The number of para-hydroxylation sites is 2. The van der Waals surface area contributed by atoms with Gasteiger partial charge in [0.05, 0.1) is 18.9 Å². The van der Waals surface area contributed by atoms with Gasteiger partial charge in [-0.05, 0) is 25.0 Å². The van der Waals surface area contributed by atoms with Gasteiger partial charge in [0.15, 0.2) is 0 Å². The van der Waals surface area contributed by atoms with Gasteiger partial charge in [-0.1, -0.05) is 36.4 Å². The van der Waals surface area contributed by atoms with Crippen molar-refractivity contribution in [1.29, 1.82) is 0 Å². The van der Waals surface area contributed by atoms with Crippen molar-refractivity contribution in [1.82, 2.24) is 4.90 Å². The predicted octanol–water partition coefficient (Wildman–Crippen LogP) is 3.34. The first-order chi connectivity index (χ1) is 12.7. The Morgan fingerprint density at radius 3 is 2.04 bits per heavy atom.